The van der Waals surface area contributed by atoms with Crippen molar-refractivity contribution in [1.29, 1.82) is 0 Å². The van der Waals surface area contributed by atoms with E-state index >= 15 is 0 Å². The predicted octanol–water partition coefficient (Wildman–Crippen LogP) is 2.93. The lowest BCUT2D eigenvalue weighted by atomic mass is 9.94. The van der Waals surface area contributed by atoms with Gasteiger partial charge >= 0.3 is 0 Å². The lowest BCUT2D eigenvalue weighted by molar-refractivity contribution is 0.420. The number of hydrogen-bond donors (Lipinski definition) is 1. The Morgan fingerprint density at radius 3 is 2.54 bits per heavy atom. The minimum atomic E-state index is -0.394. The Morgan fingerprint density at radius 2 is 2.00 bits per heavy atom. The van der Waals surface area contributed by atoms with Crippen LogP contribution in [0.3, 0.4) is 0 Å². The fourth-order valence-corrected chi connectivity index (χ4v) is 1.30. The molecule has 0 saturated carbocycles. The number of halogens is 2. The van der Waals surface area contributed by atoms with Gasteiger partial charge in [0.15, 0.2) is 0 Å². The minimum absolute atomic E-state index is 0.167. The van der Waals surface area contributed by atoms with Crippen molar-refractivity contribution in [2.75, 3.05) is 7.05 Å². The van der Waals surface area contributed by atoms with E-state index in [1.54, 1.807) is 25.2 Å². The second-order valence-corrected chi connectivity index (χ2v) is 3.88. The van der Waals surface area contributed by atoms with Crippen LogP contribution in [-0.2, 0) is 5.54 Å². The largest absolute Gasteiger partial charge is 0.311 e. The molecule has 3 heteroatoms. The van der Waals surface area contributed by atoms with Crippen molar-refractivity contribution in [3.8, 4) is 0 Å². The third-order valence-corrected chi connectivity index (χ3v) is 2.54. The van der Waals surface area contributed by atoms with Crippen molar-refractivity contribution in [1.82, 2.24) is 5.32 Å². The monoisotopic (exact) mass is 201 g/mol. The Labute approximate surface area is 82.9 Å². The van der Waals surface area contributed by atoms with E-state index in [1.165, 1.54) is 0 Å². The molecule has 13 heavy (non-hydrogen) atoms. The van der Waals surface area contributed by atoms with Crippen molar-refractivity contribution in [2.24, 2.45) is 0 Å². The van der Waals surface area contributed by atoms with E-state index < -0.39 is 5.54 Å². The zero-order valence-electron chi connectivity index (χ0n) is 7.99. The lowest BCUT2D eigenvalue weighted by Crippen LogP contribution is -2.34. The summed E-state index contributed by atoms with van der Waals surface area (Å²) >= 11 is 5.67. The Hall–Kier alpha value is -0.600. The highest BCUT2D eigenvalue weighted by Gasteiger charge is 2.22. The number of rotatable bonds is 2. The van der Waals surface area contributed by atoms with Gasteiger partial charge < -0.3 is 5.32 Å². The van der Waals surface area contributed by atoms with E-state index in [1.807, 2.05) is 13.8 Å². The maximum absolute atomic E-state index is 13.5. The minimum Gasteiger partial charge on any atom is -0.311 e. The van der Waals surface area contributed by atoms with Gasteiger partial charge in [-0.15, -0.1) is 0 Å². The zero-order chi connectivity index (χ0) is 10.1. The molecule has 1 nitrogen and oxygen atoms in total. The summed E-state index contributed by atoms with van der Waals surface area (Å²) < 4.78 is 13.5. The number of nitrogens with one attached hydrogen (secondary N) is 1. The Balaban J connectivity index is 3.22. The quantitative estimate of drug-likeness (QED) is 0.776. The highest BCUT2D eigenvalue weighted by molar-refractivity contribution is 6.30. The predicted molar refractivity (Wildman–Crippen MR) is 53.5 cm³/mol. The van der Waals surface area contributed by atoms with Crippen LogP contribution in [0.2, 0.25) is 5.02 Å². The van der Waals surface area contributed by atoms with Gasteiger partial charge in [-0.1, -0.05) is 23.7 Å². The molecule has 1 aromatic rings. The normalized spacial score (nSPS) is 11.8. The first-order valence-corrected chi connectivity index (χ1v) is 4.50. The summed E-state index contributed by atoms with van der Waals surface area (Å²) in [7, 11) is 1.79. The van der Waals surface area contributed by atoms with E-state index in [-0.39, 0.29) is 10.8 Å². The van der Waals surface area contributed by atoms with E-state index in [0.717, 1.165) is 0 Å². The second-order valence-electron chi connectivity index (χ2n) is 3.48. The molecule has 0 atom stereocenters. The molecule has 0 fully saturated rings. The Morgan fingerprint density at radius 1 is 1.38 bits per heavy atom. The van der Waals surface area contributed by atoms with Gasteiger partial charge in [0.25, 0.3) is 0 Å². The van der Waals surface area contributed by atoms with Crippen LogP contribution < -0.4 is 5.32 Å². The van der Waals surface area contributed by atoms with Crippen LogP contribution in [0.1, 0.15) is 19.4 Å². The molecule has 0 aliphatic heterocycles. The molecule has 1 rings (SSSR count). The first-order chi connectivity index (χ1) is 5.99. The molecule has 0 aliphatic rings. The molecule has 0 spiro atoms. The van der Waals surface area contributed by atoms with Crippen LogP contribution in [0.25, 0.3) is 0 Å². The van der Waals surface area contributed by atoms with Crippen LogP contribution in [0.5, 0.6) is 0 Å². The highest BCUT2D eigenvalue weighted by Crippen LogP contribution is 2.26. The SMILES string of the molecule is CNC(C)(C)c1cccc(Cl)c1F. The van der Waals surface area contributed by atoms with Crippen LogP contribution in [0, 0.1) is 5.82 Å². The van der Waals surface area contributed by atoms with Crippen molar-refractivity contribution in [2.45, 2.75) is 19.4 Å². The van der Waals surface area contributed by atoms with Gasteiger partial charge in [0.05, 0.1) is 5.02 Å². The summed E-state index contributed by atoms with van der Waals surface area (Å²) in [6, 6.07) is 5.03. The Bertz CT molecular complexity index is 310. The summed E-state index contributed by atoms with van der Waals surface area (Å²) in [5, 5.41) is 3.19. The third kappa shape index (κ3) is 2.01. The molecule has 0 unspecified atom stereocenters. The van der Waals surface area contributed by atoms with Gasteiger partial charge in [0, 0.05) is 11.1 Å². The van der Waals surface area contributed by atoms with Crippen LogP contribution in [0.15, 0.2) is 18.2 Å². The van der Waals surface area contributed by atoms with Gasteiger partial charge in [0.2, 0.25) is 0 Å². The molecular formula is C10H13ClFN. The molecular weight excluding hydrogens is 189 g/mol. The average Bonchev–Trinajstić information content (AvgIpc) is 2.09. The number of hydrogen-bond acceptors (Lipinski definition) is 1. The van der Waals surface area contributed by atoms with Gasteiger partial charge in [-0.2, -0.15) is 0 Å². The first kappa shape index (κ1) is 10.5. The van der Waals surface area contributed by atoms with E-state index in [9.17, 15) is 4.39 Å². The fourth-order valence-electron chi connectivity index (χ4n) is 1.12. The van der Waals surface area contributed by atoms with Gasteiger partial charge in [-0.25, -0.2) is 4.39 Å². The van der Waals surface area contributed by atoms with Crippen LogP contribution in [0.4, 0.5) is 4.39 Å². The molecule has 0 saturated heterocycles. The fraction of sp³-hybridized carbons (Fsp3) is 0.400. The van der Waals surface area contributed by atoms with Crippen LogP contribution >= 0.6 is 11.6 Å². The summed E-state index contributed by atoms with van der Waals surface area (Å²) in [6.45, 7) is 3.81. The summed E-state index contributed by atoms with van der Waals surface area (Å²) in [6.07, 6.45) is 0. The zero-order valence-corrected chi connectivity index (χ0v) is 8.74. The molecule has 0 amide bonds. The van der Waals surface area contributed by atoms with Gasteiger partial charge in [0.1, 0.15) is 5.82 Å². The van der Waals surface area contributed by atoms with E-state index in [2.05, 4.69) is 5.32 Å². The lowest BCUT2D eigenvalue weighted by Gasteiger charge is -2.25. The molecule has 0 aliphatic carbocycles. The van der Waals surface area contributed by atoms with Crippen molar-refractivity contribution >= 4 is 11.6 Å². The molecule has 0 radical (unpaired) electrons. The molecule has 0 aromatic heterocycles. The molecule has 0 heterocycles. The molecule has 1 N–H and O–H groups in total. The molecule has 0 bridgehead atoms. The third-order valence-electron chi connectivity index (χ3n) is 2.25. The summed E-state index contributed by atoms with van der Waals surface area (Å²) in [4.78, 5) is 0. The first-order valence-electron chi connectivity index (χ1n) is 4.12. The summed E-state index contributed by atoms with van der Waals surface area (Å²) in [5.41, 5.74) is 0.192. The van der Waals surface area contributed by atoms with E-state index in [0.29, 0.717) is 5.56 Å². The topological polar surface area (TPSA) is 12.0 Å². The summed E-state index contributed by atoms with van der Waals surface area (Å²) in [5.74, 6) is -0.344. The van der Waals surface area contributed by atoms with Gasteiger partial charge in [-0.05, 0) is 27.0 Å². The Kier molecular flexibility index (Phi) is 2.94. The molecule has 72 valence electrons. The van der Waals surface area contributed by atoms with Crippen molar-refractivity contribution in [3.63, 3.8) is 0 Å². The maximum atomic E-state index is 13.5. The number of benzene rings is 1. The van der Waals surface area contributed by atoms with Crippen molar-refractivity contribution < 1.29 is 4.39 Å². The van der Waals surface area contributed by atoms with Crippen LogP contribution in [-0.4, -0.2) is 7.05 Å². The standard InChI is InChI=1S/C10H13ClFN/c1-10(2,13-3)7-5-4-6-8(11)9(7)12/h4-6,13H,1-3H3. The van der Waals surface area contributed by atoms with Crippen molar-refractivity contribution in [3.05, 3.63) is 34.6 Å². The second kappa shape index (κ2) is 3.64. The van der Waals surface area contributed by atoms with E-state index in [4.69, 9.17) is 11.6 Å². The highest BCUT2D eigenvalue weighted by atomic mass is 35.5. The average molecular weight is 202 g/mol. The smallest absolute Gasteiger partial charge is 0.146 e. The van der Waals surface area contributed by atoms with Gasteiger partial charge in [-0.3, -0.25) is 0 Å². The molecule has 1 aromatic carbocycles. The maximum Gasteiger partial charge on any atom is 0.146 e.